The molecule has 2 heterocycles. The van der Waals surface area contributed by atoms with Gasteiger partial charge in [-0.1, -0.05) is 20.3 Å². The Balaban J connectivity index is 2.04. The molecule has 0 radical (unpaired) electrons. The number of carbonyl (C=O) groups is 4. The number of esters is 1. The third kappa shape index (κ3) is 4.32. The molecule has 2 aliphatic heterocycles. The molecule has 0 saturated carbocycles. The highest BCUT2D eigenvalue weighted by atomic mass is 16.6. The van der Waals surface area contributed by atoms with Gasteiger partial charge in [-0.05, 0) is 25.7 Å². The van der Waals surface area contributed by atoms with Crippen molar-refractivity contribution in [1.29, 1.82) is 0 Å². The van der Waals surface area contributed by atoms with Crippen LogP contribution in [0.2, 0.25) is 0 Å². The van der Waals surface area contributed by atoms with E-state index < -0.39 is 48.0 Å². The predicted molar refractivity (Wildman–Crippen MR) is 89.1 cm³/mol. The van der Waals surface area contributed by atoms with Crippen molar-refractivity contribution in [3.63, 3.8) is 0 Å². The number of likely N-dealkylation sites (tertiary alicyclic amines) is 1. The second-order valence-corrected chi connectivity index (χ2v) is 6.63. The highest BCUT2D eigenvalue weighted by molar-refractivity contribution is 5.96. The molecule has 146 valence electrons. The van der Waals surface area contributed by atoms with E-state index in [0.29, 0.717) is 25.8 Å². The molecule has 2 aliphatic rings. The molecule has 2 N–H and O–H groups in total. The van der Waals surface area contributed by atoms with Gasteiger partial charge in [-0.2, -0.15) is 0 Å². The van der Waals surface area contributed by atoms with Crippen LogP contribution >= 0.6 is 0 Å². The van der Waals surface area contributed by atoms with Gasteiger partial charge in [-0.3, -0.25) is 9.59 Å². The van der Waals surface area contributed by atoms with Gasteiger partial charge >= 0.3 is 11.9 Å². The lowest BCUT2D eigenvalue weighted by atomic mass is 9.97. The molecule has 0 aromatic carbocycles. The monoisotopic (exact) mass is 370 g/mol. The molecule has 26 heavy (non-hydrogen) atoms. The summed E-state index contributed by atoms with van der Waals surface area (Å²) in [5.74, 6) is -2.82. The van der Waals surface area contributed by atoms with Gasteiger partial charge in [-0.15, -0.1) is 0 Å². The maximum atomic E-state index is 12.9. The predicted octanol–water partition coefficient (Wildman–Crippen LogP) is -0.0766. The summed E-state index contributed by atoms with van der Waals surface area (Å²) < 4.78 is 9.87. The smallest absolute Gasteiger partial charge is 0.338 e. The van der Waals surface area contributed by atoms with E-state index in [1.807, 2.05) is 13.8 Å². The molecule has 5 atom stereocenters. The summed E-state index contributed by atoms with van der Waals surface area (Å²) >= 11 is 0. The second-order valence-electron chi connectivity index (χ2n) is 6.63. The molecule has 3 unspecified atom stereocenters. The van der Waals surface area contributed by atoms with Crippen molar-refractivity contribution in [1.82, 2.24) is 10.2 Å². The summed E-state index contributed by atoms with van der Waals surface area (Å²) in [4.78, 5) is 49.5. The number of amides is 2. The number of carboxylic acids is 1. The van der Waals surface area contributed by atoms with Crippen molar-refractivity contribution in [3.8, 4) is 0 Å². The van der Waals surface area contributed by atoms with E-state index in [-0.39, 0.29) is 12.5 Å². The highest BCUT2D eigenvalue weighted by Gasteiger charge is 2.52. The summed E-state index contributed by atoms with van der Waals surface area (Å²) in [6.45, 7) is 5.88. The number of nitrogens with zero attached hydrogens (tertiary/aromatic N) is 1. The molecule has 0 spiro atoms. The first kappa shape index (κ1) is 20.2. The zero-order chi connectivity index (χ0) is 19.4. The Bertz CT molecular complexity index is 579. The summed E-state index contributed by atoms with van der Waals surface area (Å²) in [7, 11) is 0. The fraction of sp³-hybridized carbons (Fsp3) is 0.765. The summed E-state index contributed by atoms with van der Waals surface area (Å²) in [5, 5.41) is 11.9. The van der Waals surface area contributed by atoms with E-state index in [9.17, 15) is 24.3 Å². The van der Waals surface area contributed by atoms with Crippen molar-refractivity contribution < 1.29 is 33.8 Å². The first-order valence-electron chi connectivity index (χ1n) is 8.97. The average Bonchev–Trinajstić information content (AvgIpc) is 3.26. The van der Waals surface area contributed by atoms with Crippen molar-refractivity contribution in [3.05, 3.63) is 0 Å². The van der Waals surface area contributed by atoms with Crippen molar-refractivity contribution in [2.45, 2.75) is 64.3 Å². The van der Waals surface area contributed by atoms with Gasteiger partial charge in [0.2, 0.25) is 5.91 Å². The highest BCUT2D eigenvalue weighted by Crippen LogP contribution is 2.25. The third-order valence-corrected chi connectivity index (χ3v) is 4.87. The molecule has 0 aliphatic carbocycles. The summed E-state index contributed by atoms with van der Waals surface area (Å²) in [6.07, 6.45) is -0.280. The normalized spacial score (nSPS) is 26.7. The first-order chi connectivity index (χ1) is 12.3. The fourth-order valence-corrected chi connectivity index (χ4v) is 3.10. The number of hydrogen-bond donors (Lipinski definition) is 2. The van der Waals surface area contributed by atoms with Crippen LogP contribution in [0.3, 0.4) is 0 Å². The maximum absolute atomic E-state index is 12.9. The number of epoxide rings is 1. The van der Waals surface area contributed by atoms with Crippen LogP contribution in [-0.2, 0) is 28.7 Å². The number of rotatable bonds is 8. The lowest BCUT2D eigenvalue weighted by Crippen LogP contribution is -2.55. The van der Waals surface area contributed by atoms with Gasteiger partial charge in [0, 0.05) is 6.54 Å². The van der Waals surface area contributed by atoms with Gasteiger partial charge in [0.1, 0.15) is 12.1 Å². The number of ether oxygens (including phenoxy) is 2. The van der Waals surface area contributed by atoms with Gasteiger partial charge in [0.25, 0.3) is 5.91 Å². The van der Waals surface area contributed by atoms with Gasteiger partial charge in [-0.25, -0.2) is 9.59 Å². The minimum absolute atomic E-state index is 0.187. The molecule has 2 fully saturated rings. The van der Waals surface area contributed by atoms with Crippen LogP contribution in [0.1, 0.15) is 40.0 Å². The van der Waals surface area contributed by atoms with Crippen LogP contribution < -0.4 is 5.32 Å². The number of carboxylic acid groups (broad SMARTS) is 1. The molecule has 0 bridgehead atoms. The molecule has 0 aromatic rings. The SMILES string of the molecule is CCOC(=O)C1O[C@@H]1C(=O)NC(C(=O)N1CCCC1C(=O)O)[C@@H](C)CC. The standard InChI is InChI=1S/C17H26N2O7/c1-4-9(3)11(15(21)19-8-6-7-10(19)16(22)23)18-14(20)12-13(26-12)17(24)25-5-2/h9-13H,4-8H2,1-3H3,(H,18,20)(H,22,23)/t9-,10?,11?,12-,13?/m0/s1. The van der Waals surface area contributed by atoms with Crippen LogP contribution in [0.5, 0.6) is 0 Å². The molecular formula is C17H26N2O7. The van der Waals surface area contributed by atoms with Crippen molar-refractivity contribution >= 4 is 23.8 Å². The Kier molecular flexibility index (Phi) is 6.57. The van der Waals surface area contributed by atoms with Crippen molar-refractivity contribution in [2.75, 3.05) is 13.2 Å². The van der Waals surface area contributed by atoms with E-state index in [0.717, 1.165) is 0 Å². The molecule has 0 aromatic heterocycles. The summed E-state index contributed by atoms with van der Waals surface area (Å²) in [6, 6.07) is -1.73. The lowest BCUT2D eigenvalue weighted by molar-refractivity contribution is -0.150. The van der Waals surface area contributed by atoms with Gasteiger partial charge < -0.3 is 24.8 Å². The maximum Gasteiger partial charge on any atom is 0.338 e. The van der Waals surface area contributed by atoms with E-state index in [4.69, 9.17) is 9.47 Å². The van der Waals surface area contributed by atoms with Crippen LogP contribution in [0, 0.1) is 5.92 Å². The number of hydrogen-bond acceptors (Lipinski definition) is 6. The molecule has 9 heteroatoms. The molecule has 9 nitrogen and oxygen atoms in total. The van der Waals surface area contributed by atoms with Gasteiger partial charge in [0.15, 0.2) is 12.2 Å². The number of carbonyl (C=O) groups excluding carboxylic acids is 3. The minimum atomic E-state index is -1.04. The van der Waals surface area contributed by atoms with Gasteiger partial charge in [0.05, 0.1) is 6.61 Å². The fourth-order valence-electron chi connectivity index (χ4n) is 3.10. The first-order valence-corrected chi connectivity index (χ1v) is 8.97. The molecule has 2 rings (SSSR count). The minimum Gasteiger partial charge on any atom is -0.480 e. The lowest BCUT2D eigenvalue weighted by Gasteiger charge is -2.30. The Labute approximate surface area is 152 Å². The molecular weight excluding hydrogens is 344 g/mol. The van der Waals surface area contributed by atoms with Crippen LogP contribution in [0.25, 0.3) is 0 Å². The Morgan fingerprint density at radius 3 is 2.54 bits per heavy atom. The Morgan fingerprint density at radius 1 is 1.27 bits per heavy atom. The van der Waals surface area contributed by atoms with Crippen molar-refractivity contribution in [2.24, 2.45) is 5.92 Å². The van der Waals surface area contributed by atoms with E-state index in [1.165, 1.54) is 4.90 Å². The Morgan fingerprint density at radius 2 is 1.96 bits per heavy atom. The van der Waals surface area contributed by atoms with E-state index >= 15 is 0 Å². The summed E-state index contributed by atoms with van der Waals surface area (Å²) in [5.41, 5.74) is 0. The topological polar surface area (TPSA) is 126 Å². The zero-order valence-corrected chi connectivity index (χ0v) is 15.3. The largest absolute Gasteiger partial charge is 0.480 e. The zero-order valence-electron chi connectivity index (χ0n) is 15.3. The van der Waals surface area contributed by atoms with E-state index in [2.05, 4.69) is 5.32 Å². The van der Waals surface area contributed by atoms with Crippen LogP contribution in [0.15, 0.2) is 0 Å². The third-order valence-electron chi connectivity index (χ3n) is 4.87. The molecule has 2 saturated heterocycles. The quantitative estimate of drug-likeness (QED) is 0.452. The molecule has 2 amide bonds. The number of aliphatic carboxylic acids is 1. The van der Waals surface area contributed by atoms with Crippen LogP contribution in [0.4, 0.5) is 0 Å². The second kappa shape index (κ2) is 8.48. The van der Waals surface area contributed by atoms with Crippen LogP contribution in [-0.4, -0.2) is 71.2 Å². The Hall–Kier alpha value is -2.16. The number of nitrogens with one attached hydrogen (secondary N) is 1. The van der Waals surface area contributed by atoms with E-state index in [1.54, 1.807) is 6.92 Å². The average molecular weight is 370 g/mol.